The number of ether oxygens (including phenoxy) is 1. The van der Waals surface area contributed by atoms with Crippen LogP contribution in [-0.4, -0.2) is 19.3 Å². The number of furan rings is 1. The molecule has 1 heterocycles. The maximum atomic E-state index is 11.2. The molecule has 2 aromatic rings. The SMILES string of the molecule is COc1ccc(C(N)=O)cc1NCc1ccc(CSC)o1. The predicted molar refractivity (Wildman–Crippen MR) is 84.8 cm³/mol. The molecule has 1 aromatic carbocycles. The summed E-state index contributed by atoms with van der Waals surface area (Å²) in [5.74, 6) is 2.79. The van der Waals surface area contributed by atoms with Crippen LogP contribution in [0.4, 0.5) is 5.69 Å². The number of thioether (sulfide) groups is 1. The standard InChI is InChI=1S/C15H18N2O3S/c1-19-14-6-3-10(15(16)18)7-13(14)17-8-11-4-5-12(20-11)9-21-2/h3-7,17H,8-9H2,1-2H3,(H2,16,18). The molecule has 0 fully saturated rings. The molecule has 1 amide bonds. The molecule has 0 radical (unpaired) electrons. The quantitative estimate of drug-likeness (QED) is 0.822. The molecule has 0 spiro atoms. The molecule has 0 bridgehead atoms. The zero-order chi connectivity index (χ0) is 15.2. The van der Waals surface area contributed by atoms with E-state index in [-0.39, 0.29) is 0 Å². The number of primary amides is 1. The van der Waals surface area contributed by atoms with Crippen LogP contribution in [0.3, 0.4) is 0 Å². The Morgan fingerprint density at radius 3 is 2.76 bits per heavy atom. The van der Waals surface area contributed by atoms with E-state index in [0.29, 0.717) is 23.5 Å². The lowest BCUT2D eigenvalue weighted by Crippen LogP contribution is -2.11. The normalized spacial score (nSPS) is 10.4. The molecule has 1 aromatic heterocycles. The van der Waals surface area contributed by atoms with Crippen LogP contribution in [0.25, 0.3) is 0 Å². The van der Waals surface area contributed by atoms with Gasteiger partial charge in [-0.1, -0.05) is 0 Å². The fraction of sp³-hybridized carbons (Fsp3) is 0.267. The average Bonchev–Trinajstić information content (AvgIpc) is 2.92. The minimum atomic E-state index is -0.471. The van der Waals surface area contributed by atoms with Gasteiger partial charge < -0.3 is 20.2 Å². The van der Waals surface area contributed by atoms with E-state index < -0.39 is 5.91 Å². The van der Waals surface area contributed by atoms with E-state index in [1.54, 1.807) is 37.1 Å². The Kier molecular flexibility index (Phi) is 5.16. The molecule has 112 valence electrons. The monoisotopic (exact) mass is 306 g/mol. The van der Waals surface area contributed by atoms with E-state index in [1.165, 1.54) is 0 Å². The second-order valence-electron chi connectivity index (χ2n) is 4.43. The highest BCUT2D eigenvalue weighted by Crippen LogP contribution is 2.26. The number of anilines is 1. The molecule has 0 unspecified atom stereocenters. The minimum Gasteiger partial charge on any atom is -0.495 e. The molecule has 0 aliphatic heterocycles. The van der Waals surface area contributed by atoms with Gasteiger partial charge in [-0.05, 0) is 36.6 Å². The van der Waals surface area contributed by atoms with Gasteiger partial charge in [0.05, 0.1) is 25.1 Å². The Morgan fingerprint density at radius 2 is 2.10 bits per heavy atom. The number of amides is 1. The van der Waals surface area contributed by atoms with Crippen LogP contribution < -0.4 is 15.8 Å². The maximum Gasteiger partial charge on any atom is 0.248 e. The smallest absolute Gasteiger partial charge is 0.248 e. The molecule has 6 heteroatoms. The third-order valence-corrected chi connectivity index (χ3v) is 3.51. The topological polar surface area (TPSA) is 77.5 Å². The molecular formula is C15H18N2O3S. The minimum absolute atomic E-state index is 0.431. The molecule has 0 saturated heterocycles. The second-order valence-corrected chi connectivity index (χ2v) is 5.30. The van der Waals surface area contributed by atoms with Gasteiger partial charge in [0, 0.05) is 5.56 Å². The molecule has 0 aliphatic carbocycles. The number of carbonyl (C=O) groups is 1. The van der Waals surface area contributed by atoms with Crippen molar-refractivity contribution in [1.29, 1.82) is 0 Å². The Morgan fingerprint density at radius 1 is 1.33 bits per heavy atom. The Balaban J connectivity index is 2.10. The fourth-order valence-corrected chi connectivity index (χ4v) is 2.36. The number of nitrogens with one attached hydrogen (secondary N) is 1. The Hall–Kier alpha value is -2.08. The van der Waals surface area contributed by atoms with Crippen LogP contribution >= 0.6 is 11.8 Å². The number of hydrogen-bond acceptors (Lipinski definition) is 5. The highest BCUT2D eigenvalue weighted by atomic mass is 32.2. The summed E-state index contributed by atoms with van der Waals surface area (Å²) < 4.78 is 10.9. The predicted octanol–water partition coefficient (Wildman–Crippen LogP) is 2.86. The third-order valence-electron chi connectivity index (χ3n) is 2.94. The summed E-state index contributed by atoms with van der Waals surface area (Å²) in [5, 5.41) is 3.20. The molecule has 0 aliphatic rings. The van der Waals surface area contributed by atoms with Crippen molar-refractivity contribution in [3.05, 3.63) is 47.4 Å². The third kappa shape index (κ3) is 3.95. The molecule has 21 heavy (non-hydrogen) atoms. The van der Waals surface area contributed by atoms with Crippen molar-refractivity contribution in [2.24, 2.45) is 5.73 Å². The number of rotatable bonds is 7. The van der Waals surface area contributed by atoms with Crippen LogP contribution in [0, 0.1) is 0 Å². The summed E-state index contributed by atoms with van der Waals surface area (Å²) in [4.78, 5) is 11.2. The van der Waals surface area contributed by atoms with Gasteiger partial charge in [-0.25, -0.2) is 0 Å². The maximum absolute atomic E-state index is 11.2. The van der Waals surface area contributed by atoms with Gasteiger partial charge >= 0.3 is 0 Å². The largest absolute Gasteiger partial charge is 0.495 e. The number of carbonyl (C=O) groups excluding carboxylic acids is 1. The summed E-state index contributed by atoms with van der Waals surface area (Å²) in [7, 11) is 1.58. The number of benzene rings is 1. The first kappa shape index (κ1) is 15.3. The summed E-state index contributed by atoms with van der Waals surface area (Å²) >= 11 is 1.71. The molecule has 3 N–H and O–H groups in total. The zero-order valence-corrected chi connectivity index (χ0v) is 12.8. The van der Waals surface area contributed by atoms with Gasteiger partial charge in [-0.2, -0.15) is 11.8 Å². The highest BCUT2D eigenvalue weighted by Gasteiger charge is 2.08. The van der Waals surface area contributed by atoms with E-state index in [1.807, 2.05) is 18.4 Å². The van der Waals surface area contributed by atoms with Crippen LogP contribution in [0.5, 0.6) is 5.75 Å². The summed E-state index contributed by atoms with van der Waals surface area (Å²) in [5.41, 5.74) is 6.43. The van der Waals surface area contributed by atoms with Gasteiger partial charge in [0.25, 0.3) is 0 Å². The second kappa shape index (κ2) is 7.08. The summed E-state index contributed by atoms with van der Waals surface area (Å²) in [6.07, 6.45) is 2.03. The summed E-state index contributed by atoms with van der Waals surface area (Å²) in [6.45, 7) is 0.507. The van der Waals surface area contributed by atoms with E-state index in [9.17, 15) is 4.79 Å². The van der Waals surface area contributed by atoms with Crippen LogP contribution in [0.2, 0.25) is 0 Å². The molecule has 0 atom stereocenters. The van der Waals surface area contributed by atoms with Crippen molar-refractivity contribution in [2.75, 3.05) is 18.7 Å². The summed E-state index contributed by atoms with van der Waals surface area (Å²) in [6, 6.07) is 8.92. The van der Waals surface area contributed by atoms with Gasteiger partial charge in [0.2, 0.25) is 5.91 Å². The highest BCUT2D eigenvalue weighted by molar-refractivity contribution is 7.97. The van der Waals surface area contributed by atoms with E-state index >= 15 is 0 Å². The van der Waals surface area contributed by atoms with Crippen molar-refractivity contribution in [2.45, 2.75) is 12.3 Å². The Bertz CT molecular complexity index is 625. The van der Waals surface area contributed by atoms with Gasteiger partial charge in [-0.15, -0.1) is 0 Å². The number of hydrogen-bond donors (Lipinski definition) is 2. The van der Waals surface area contributed by atoms with Crippen molar-refractivity contribution >= 4 is 23.4 Å². The lowest BCUT2D eigenvalue weighted by atomic mass is 10.1. The van der Waals surface area contributed by atoms with Crippen molar-refractivity contribution in [3.63, 3.8) is 0 Å². The van der Waals surface area contributed by atoms with E-state index in [2.05, 4.69) is 5.32 Å². The molecule has 5 nitrogen and oxygen atoms in total. The molecule has 2 rings (SSSR count). The number of nitrogens with two attached hydrogens (primary N) is 1. The first-order valence-electron chi connectivity index (χ1n) is 6.42. The first-order valence-corrected chi connectivity index (χ1v) is 7.81. The van der Waals surface area contributed by atoms with Crippen LogP contribution in [0.1, 0.15) is 21.9 Å². The van der Waals surface area contributed by atoms with Gasteiger partial charge in [0.1, 0.15) is 17.3 Å². The van der Waals surface area contributed by atoms with Gasteiger partial charge in [0.15, 0.2) is 0 Å². The van der Waals surface area contributed by atoms with Crippen LogP contribution in [0.15, 0.2) is 34.7 Å². The van der Waals surface area contributed by atoms with Crippen molar-refractivity contribution in [3.8, 4) is 5.75 Å². The average molecular weight is 306 g/mol. The fourth-order valence-electron chi connectivity index (χ4n) is 1.92. The molecule has 0 saturated carbocycles. The first-order chi connectivity index (χ1) is 10.1. The van der Waals surface area contributed by atoms with Gasteiger partial charge in [-0.3, -0.25) is 4.79 Å². The van der Waals surface area contributed by atoms with Crippen molar-refractivity contribution < 1.29 is 13.9 Å². The lowest BCUT2D eigenvalue weighted by molar-refractivity contribution is 0.100. The van der Waals surface area contributed by atoms with E-state index in [0.717, 1.165) is 17.3 Å². The Labute approximate surface area is 127 Å². The molecular weight excluding hydrogens is 288 g/mol. The lowest BCUT2D eigenvalue weighted by Gasteiger charge is -2.11. The van der Waals surface area contributed by atoms with Crippen LogP contribution in [-0.2, 0) is 12.3 Å². The number of methoxy groups -OCH3 is 1. The van der Waals surface area contributed by atoms with Crippen molar-refractivity contribution in [1.82, 2.24) is 0 Å². The van der Waals surface area contributed by atoms with E-state index in [4.69, 9.17) is 14.9 Å². The zero-order valence-electron chi connectivity index (χ0n) is 12.0.